The number of fused-ring (bicyclic) bond motifs is 1. The lowest BCUT2D eigenvalue weighted by atomic mass is 9.90. The minimum atomic E-state index is -0.0369. The highest BCUT2D eigenvalue weighted by Gasteiger charge is 2.33. The van der Waals surface area contributed by atoms with Crippen LogP contribution in [0.2, 0.25) is 0 Å². The van der Waals surface area contributed by atoms with Gasteiger partial charge in [0.05, 0.1) is 6.54 Å². The van der Waals surface area contributed by atoms with Crippen molar-refractivity contribution in [3.8, 4) is 0 Å². The normalized spacial score (nSPS) is 19.3. The molecule has 1 fully saturated rings. The van der Waals surface area contributed by atoms with Crippen molar-refractivity contribution < 1.29 is 4.79 Å². The Kier molecular flexibility index (Phi) is 5.64. The van der Waals surface area contributed by atoms with Crippen LogP contribution in [0.15, 0.2) is 17.5 Å². The summed E-state index contributed by atoms with van der Waals surface area (Å²) in [5.74, 6) is 0.866. The van der Waals surface area contributed by atoms with Gasteiger partial charge in [-0.15, -0.1) is 11.3 Å². The third-order valence-electron chi connectivity index (χ3n) is 5.86. The maximum atomic E-state index is 12.8. The quantitative estimate of drug-likeness (QED) is 0.757. The fourth-order valence-electron chi connectivity index (χ4n) is 4.27. The molecule has 2 aliphatic carbocycles. The molecule has 2 heterocycles. The molecule has 2 aliphatic rings. The number of thiophene rings is 1. The summed E-state index contributed by atoms with van der Waals surface area (Å²) in [6.07, 6.45) is 7.12. The summed E-state index contributed by atoms with van der Waals surface area (Å²) in [6, 6.07) is 4.61. The summed E-state index contributed by atoms with van der Waals surface area (Å²) >= 11 is 1.67. The third kappa shape index (κ3) is 4.27. The van der Waals surface area contributed by atoms with Gasteiger partial charge in [-0.3, -0.25) is 14.4 Å². The van der Waals surface area contributed by atoms with E-state index in [0.29, 0.717) is 18.3 Å². The topological polar surface area (TPSA) is 50.2 Å². The maximum absolute atomic E-state index is 12.8. The number of rotatable bonds is 8. The molecule has 0 aliphatic heterocycles. The smallest absolute Gasteiger partial charge is 0.272 e. The molecule has 6 heteroatoms. The summed E-state index contributed by atoms with van der Waals surface area (Å²) in [7, 11) is 1.98. The van der Waals surface area contributed by atoms with E-state index >= 15 is 0 Å². The monoisotopic (exact) mass is 386 g/mol. The summed E-state index contributed by atoms with van der Waals surface area (Å²) in [4.78, 5) is 16.7. The molecular weight excluding hydrogens is 356 g/mol. The number of amides is 1. The second kappa shape index (κ2) is 8.15. The van der Waals surface area contributed by atoms with Crippen molar-refractivity contribution in [2.24, 2.45) is 13.0 Å². The molecule has 4 rings (SSSR count). The molecule has 1 atom stereocenters. The van der Waals surface area contributed by atoms with Crippen molar-refractivity contribution in [2.75, 3.05) is 13.1 Å². The number of carbonyl (C=O) groups is 1. The van der Waals surface area contributed by atoms with E-state index in [1.807, 2.05) is 23.2 Å². The molecular formula is C21H30N4OS. The fraction of sp³-hybridized carbons (Fsp3) is 0.619. The van der Waals surface area contributed by atoms with E-state index in [-0.39, 0.29) is 5.91 Å². The molecule has 5 nitrogen and oxygen atoms in total. The first-order chi connectivity index (χ1) is 13.2. The third-order valence-corrected chi connectivity index (χ3v) is 6.74. The van der Waals surface area contributed by atoms with Crippen LogP contribution < -0.4 is 5.32 Å². The van der Waals surface area contributed by atoms with Gasteiger partial charge in [0.15, 0.2) is 5.69 Å². The van der Waals surface area contributed by atoms with Crippen LogP contribution in [0.4, 0.5) is 0 Å². The van der Waals surface area contributed by atoms with Gasteiger partial charge >= 0.3 is 0 Å². The molecule has 0 saturated heterocycles. The summed E-state index contributed by atoms with van der Waals surface area (Å²) in [6.45, 7) is 5.24. The van der Waals surface area contributed by atoms with E-state index in [9.17, 15) is 4.79 Å². The highest BCUT2D eigenvalue weighted by atomic mass is 32.1. The number of aromatic nitrogens is 2. The van der Waals surface area contributed by atoms with Crippen molar-refractivity contribution >= 4 is 17.2 Å². The molecule has 2 aromatic heterocycles. The van der Waals surface area contributed by atoms with Crippen molar-refractivity contribution in [2.45, 2.75) is 58.0 Å². The van der Waals surface area contributed by atoms with E-state index in [4.69, 9.17) is 0 Å². The number of nitrogens with zero attached hydrogens (tertiary/aromatic N) is 3. The van der Waals surface area contributed by atoms with Crippen molar-refractivity contribution in [1.82, 2.24) is 20.0 Å². The van der Waals surface area contributed by atoms with Gasteiger partial charge in [-0.05, 0) is 62.4 Å². The van der Waals surface area contributed by atoms with Crippen molar-refractivity contribution in [1.29, 1.82) is 0 Å². The first-order valence-electron chi connectivity index (χ1n) is 10.2. The zero-order valence-electron chi connectivity index (χ0n) is 16.4. The van der Waals surface area contributed by atoms with E-state index in [0.717, 1.165) is 25.3 Å². The Hall–Kier alpha value is -1.66. The van der Waals surface area contributed by atoms with E-state index in [1.165, 1.54) is 48.4 Å². The second-order valence-corrected chi connectivity index (χ2v) is 9.03. The van der Waals surface area contributed by atoms with Gasteiger partial charge in [-0.25, -0.2) is 0 Å². The van der Waals surface area contributed by atoms with Gasteiger partial charge in [0.1, 0.15) is 0 Å². The van der Waals surface area contributed by atoms with Crippen LogP contribution in [0.25, 0.3) is 0 Å². The Balaban J connectivity index is 1.48. The average Bonchev–Trinajstić information content (AvgIpc) is 3.22. The summed E-state index contributed by atoms with van der Waals surface area (Å²) in [5.41, 5.74) is 3.06. The van der Waals surface area contributed by atoms with Gasteiger partial charge in [-0.2, -0.15) is 5.10 Å². The number of hydrogen-bond acceptors (Lipinski definition) is 4. The predicted molar refractivity (Wildman–Crippen MR) is 109 cm³/mol. The van der Waals surface area contributed by atoms with Gasteiger partial charge in [0.2, 0.25) is 0 Å². The van der Waals surface area contributed by atoms with Crippen LogP contribution in [0.5, 0.6) is 0 Å². The zero-order chi connectivity index (χ0) is 18.8. The number of hydrogen-bond donors (Lipinski definition) is 1. The van der Waals surface area contributed by atoms with E-state index < -0.39 is 0 Å². The SMILES string of the molecule is CCCN(CC1CC1)C1CCc2c(c(C(=O)NCc3cccs3)nn2C)C1. The molecule has 27 heavy (non-hydrogen) atoms. The standard InChI is InChI=1S/C21H30N4OS/c1-3-10-25(14-15-6-7-15)16-8-9-19-18(12-16)20(23-24(19)2)21(26)22-13-17-5-4-11-27-17/h4-5,11,15-16H,3,6-10,12-14H2,1-2H3,(H,22,26). The summed E-state index contributed by atoms with van der Waals surface area (Å²) in [5, 5.41) is 9.69. The van der Waals surface area contributed by atoms with Gasteiger partial charge in [0, 0.05) is 35.8 Å². The first-order valence-corrected chi connectivity index (χ1v) is 11.1. The Morgan fingerprint density at radius 1 is 1.41 bits per heavy atom. The Labute approximate surface area is 165 Å². The largest absolute Gasteiger partial charge is 0.346 e. The first kappa shape index (κ1) is 18.7. The Morgan fingerprint density at radius 3 is 2.96 bits per heavy atom. The minimum Gasteiger partial charge on any atom is -0.346 e. The van der Waals surface area contributed by atoms with Crippen LogP contribution in [0.1, 0.15) is 59.2 Å². The van der Waals surface area contributed by atoms with Gasteiger partial charge < -0.3 is 5.32 Å². The second-order valence-electron chi connectivity index (χ2n) is 7.99. The Morgan fingerprint density at radius 2 is 2.26 bits per heavy atom. The highest BCUT2D eigenvalue weighted by Crippen LogP contribution is 2.33. The molecule has 1 amide bonds. The zero-order valence-corrected chi connectivity index (χ0v) is 17.2. The van der Waals surface area contributed by atoms with Crippen LogP contribution in [0.3, 0.4) is 0 Å². The Bertz CT molecular complexity index is 778. The highest BCUT2D eigenvalue weighted by molar-refractivity contribution is 7.09. The van der Waals surface area contributed by atoms with Crippen LogP contribution in [-0.2, 0) is 26.4 Å². The molecule has 0 spiro atoms. The maximum Gasteiger partial charge on any atom is 0.272 e. The van der Waals surface area contributed by atoms with Crippen LogP contribution in [0, 0.1) is 5.92 Å². The fourth-order valence-corrected chi connectivity index (χ4v) is 4.92. The lowest BCUT2D eigenvalue weighted by Crippen LogP contribution is -2.41. The molecule has 0 bridgehead atoms. The van der Waals surface area contributed by atoms with Crippen LogP contribution >= 0.6 is 11.3 Å². The summed E-state index contributed by atoms with van der Waals surface area (Å²) < 4.78 is 1.93. The number of aryl methyl sites for hydroxylation is 1. The van der Waals surface area contributed by atoms with Crippen molar-refractivity contribution in [3.05, 3.63) is 39.3 Å². The van der Waals surface area contributed by atoms with Gasteiger partial charge in [0.25, 0.3) is 5.91 Å². The van der Waals surface area contributed by atoms with Crippen molar-refractivity contribution in [3.63, 3.8) is 0 Å². The average molecular weight is 387 g/mol. The number of carbonyl (C=O) groups excluding carboxylic acids is 1. The molecule has 0 radical (unpaired) electrons. The molecule has 2 aromatic rings. The molecule has 1 saturated carbocycles. The predicted octanol–water partition coefficient (Wildman–Crippen LogP) is 3.39. The molecule has 0 aromatic carbocycles. The minimum absolute atomic E-state index is 0.0369. The van der Waals surface area contributed by atoms with E-state index in [2.05, 4.69) is 28.3 Å². The lowest BCUT2D eigenvalue weighted by molar-refractivity contribution is 0.0943. The van der Waals surface area contributed by atoms with Crippen LogP contribution in [-0.4, -0.2) is 39.7 Å². The molecule has 146 valence electrons. The lowest BCUT2D eigenvalue weighted by Gasteiger charge is -2.34. The van der Waals surface area contributed by atoms with Gasteiger partial charge in [-0.1, -0.05) is 13.0 Å². The van der Waals surface area contributed by atoms with E-state index in [1.54, 1.807) is 11.3 Å². The number of nitrogens with one attached hydrogen (secondary N) is 1. The molecule has 1 N–H and O–H groups in total. The molecule has 1 unspecified atom stereocenters.